The van der Waals surface area contributed by atoms with Crippen LogP contribution in [0, 0.1) is 30.9 Å². The molecular formula is C17H20N4O3S. The van der Waals surface area contributed by atoms with Crippen LogP contribution in [0.15, 0.2) is 23.4 Å². The van der Waals surface area contributed by atoms with Crippen molar-refractivity contribution in [3.8, 4) is 0 Å². The summed E-state index contributed by atoms with van der Waals surface area (Å²) in [6, 6.07) is 4.66. The Bertz CT molecular complexity index is 801. The Kier molecular flexibility index (Phi) is 6.08. The number of aromatic nitrogens is 2. The van der Waals surface area contributed by atoms with Gasteiger partial charge in [-0.15, -0.1) is 0 Å². The number of hydrogen-bond donors (Lipinski definition) is 1. The minimum atomic E-state index is -0.456. The van der Waals surface area contributed by atoms with Gasteiger partial charge in [-0.05, 0) is 45.1 Å². The summed E-state index contributed by atoms with van der Waals surface area (Å²) in [7, 11) is 0. The molecule has 25 heavy (non-hydrogen) atoms. The van der Waals surface area contributed by atoms with Gasteiger partial charge in [0, 0.05) is 35.1 Å². The predicted molar refractivity (Wildman–Crippen MR) is 98.1 cm³/mol. The summed E-state index contributed by atoms with van der Waals surface area (Å²) in [5.74, 6) is -0.203. The van der Waals surface area contributed by atoms with E-state index in [0.29, 0.717) is 17.7 Å². The van der Waals surface area contributed by atoms with Crippen LogP contribution in [0.2, 0.25) is 0 Å². The van der Waals surface area contributed by atoms with Gasteiger partial charge >= 0.3 is 0 Å². The van der Waals surface area contributed by atoms with Crippen molar-refractivity contribution < 1.29 is 9.72 Å². The fourth-order valence-electron chi connectivity index (χ4n) is 2.51. The number of thioether (sulfide) groups is 1. The van der Waals surface area contributed by atoms with Crippen molar-refractivity contribution in [2.75, 3.05) is 11.6 Å². The highest BCUT2D eigenvalue weighted by Crippen LogP contribution is 2.23. The van der Waals surface area contributed by atoms with E-state index >= 15 is 0 Å². The molecule has 1 amide bonds. The second-order valence-electron chi connectivity index (χ2n) is 5.67. The lowest BCUT2D eigenvalue weighted by Gasteiger charge is -2.10. The van der Waals surface area contributed by atoms with Crippen LogP contribution in [0.1, 0.15) is 28.9 Å². The third-order valence-electron chi connectivity index (χ3n) is 3.87. The molecule has 2 aromatic rings. The van der Waals surface area contributed by atoms with Gasteiger partial charge in [0.05, 0.1) is 4.92 Å². The predicted octanol–water partition coefficient (Wildman–Crippen LogP) is 3.60. The molecule has 0 bridgehead atoms. The number of nitrogens with one attached hydrogen (secondary N) is 1. The summed E-state index contributed by atoms with van der Waals surface area (Å²) in [4.78, 5) is 31.5. The normalized spacial score (nSPS) is 10.6. The largest absolute Gasteiger partial charge is 0.326 e. The molecule has 0 spiro atoms. The number of amides is 1. The number of nitro benzene ring substituents is 1. The van der Waals surface area contributed by atoms with Crippen molar-refractivity contribution in [3.05, 3.63) is 50.8 Å². The summed E-state index contributed by atoms with van der Waals surface area (Å²) in [6.45, 7) is 5.48. The number of rotatable bonds is 6. The van der Waals surface area contributed by atoms with Crippen LogP contribution in [-0.4, -0.2) is 27.1 Å². The topological polar surface area (TPSA) is 98.0 Å². The number of hydrogen-bond acceptors (Lipinski definition) is 6. The molecule has 0 atom stereocenters. The van der Waals surface area contributed by atoms with Gasteiger partial charge in [0.1, 0.15) is 0 Å². The van der Waals surface area contributed by atoms with Gasteiger partial charge in [-0.3, -0.25) is 14.9 Å². The minimum Gasteiger partial charge on any atom is -0.326 e. The first-order chi connectivity index (χ1) is 11.8. The van der Waals surface area contributed by atoms with Crippen molar-refractivity contribution >= 4 is 29.0 Å². The highest BCUT2D eigenvalue weighted by Gasteiger charge is 2.14. The lowest BCUT2D eigenvalue weighted by molar-refractivity contribution is -0.385. The third kappa shape index (κ3) is 4.76. The van der Waals surface area contributed by atoms with E-state index in [1.165, 1.54) is 17.8 Å². The average Bonchev–Trinajstić information content (AvgIpc) is 2.55. The summed E-state index contributed by atoms with van der Waals surface area (Å²) in [5, 5.41) is 14.4. The number of carbonyl (C=O) groups excluding carboxylic acids is 1. The zero-order chi connectivity index (χ0) is 18.6. The maximum atomic E-state index is 12.2. The summed E-state index contributed by atoms with van der Waals surface area (Å²) < 4.78 is 0. The molecule has 1 heterocycles. The number of aryl methyl sites for hydroxylation is 3. The van der Waals surface area contributed by atoms with E-state index in [1.54, 1.807) is 19.1 Å². The van der Waals surface area contributed by atoms with E-state index in [0.717, 1.165) is 22.1 Å². The van der Waals surface area contributed by atoms with Crippen LogP contribution in [0.5, 0.6) is 0 Å². The molecule has 0 saturated heterocycles. The van der Waals surface area contributed by atoms with Crippen LogP contribution in [0.4, 0.5) is 11.4 Å². The average molecular weight is 360 g/mol. The first-order valence-electron chi connectivity index (χ1n) is 7.74. The van der Waals surface area contributed by atoms with E-state index in [1.807, 2.05) is 20.1 Å². The number of anilines is 1. The molecule has 0 fully saturated rings. The maximum absolute atomic E-state index is 12.2. The molecular weight excluding hydrogens is 340 g/mol. The molecule has 0 unspecified atom stereocenters. The van der Waals surface area contributed by atoms with Gasteiger partial charge in [0.2, 0.25) is 5.91 Å². The van der Waals surface area contributed by atoms with Crippen LogP contribution in [0.3, 0.4) is 0 Å². The van der Waals surface area contributed by atoms with Crippen molar-refractivity contribution in [1.82, 2.24) is 9.97 Å². The molecule has 0 radical (unpaired) electrons. The fourth-order valence-corrected chi connectivity index (χ4v) is 2.96. The highest BCUT2D eigenvalue weighted by molar-refractivity contribution is 7.98. The summed E-state index contributed by atoms with van der Waals surface area (Å²) >= 11 is 1.48. The Labute approximate surface area is 150 Å². The number of nitro groups is 1. The minimum absolute atomic E-state index is 0.00876. The lowest BCUT2D eigenvalue weighted by Crippen LogP contribution is -2.14. The van der Waals surface area contributed by atoms with Crippen LogP contribution in [-0.2, 0) is 11.2 Å². The first kappa shape index (κ1) is 18.9. The molecule has 1 N–H and O–H groups in total. The molecule has 2 rings (SSSR count). The Balaban J connectivity index is 2.04. The molecule has 1 aromatic carbocycles. The monoisotopic (exact) mass is 360 g/mol. The van der Waals surface area contributed by atoms with Gasteiger partial charge in [0.25, 0.3) is 5.69 Å². The second kappa shape index (κ2) is 8.06. The SMILES string of the molecule is CSc1nc(C)c(CCC(=O)Nc2ccc(C)c([N+](=O)[O-])c2)c(C)n1. The molecule has 1 aromatic heterocycles. The molecule has 0 aliphatic heterocycles. The van der Waals surface area contributed by atoms with Gasteiger partial charge in [-0.1, -0.05) is 17.8 Å². The number of nitrogens with zero attached hydrogens (tertiary/aromatic N) is 3. The van der Waals surface area contributed by atoms with E-state index in [-0.39, 0.29) is 18.0 Å². The Morgan fingerprint density at radius 3 is 2.44 bits per heavy atom. The van der Waals surface area contributed by atoms with E-state index in [4.69, 9.17) is 0 Å². The van der Waals surface area contributed by atoms with Crippen molar-refractivity contribution in [1.29, 1.82) is 0 Å². The summed E-state index contributed by atoms with van der Waals surface area (Å²) in [5.41, 5.74) is 3.67. The Morgan fingerprint density at radius 2 is 1.88 bits per heavy atom. The van der Waals surface area contributed by atoms with Crippen LogP contribution < -0.4 is 5.32 Å². The molecule has 0 aliphatic carbocycles. The van der Waals surface area contributed by atoms with Gasteiger partial charge in [-0.2, -0.15) is 0 Å². The highest BCUT2D eigenvalue weighted by atomic mass is 32.2. The van der Waals surface area contributed by atoms with E-state index in [2.05, 4.69) is 15.3 Å². The van der Waals surface area contributed by atoms with Crippen LogP contribution in [0.25, 0.3) is 0 Å². The van der Waals surface area contributed by atoms with Crippen molar-refractivity contribution in [2.24, 2.45) is 0 Å². The van der Waals surface area contributed by atoms with E-state index < -0.39 is 4.92 Å². The van der Waals surface area contributed by atoms with E-state index in [9.17, 15) is 14.9 Å². The number of benzene rings is 1. The standard InChI is InChI=1S/C17H20N4O3S/c1-10-5-6-13(9-15(10)21(23)24)20-16(22)8-7-14-11(2)18-17(25-4)19-12(14)3/h5-6,9H,7-8H2,1-4H3,(H,20,22). The first-order valence-corrected chi connectivity index (χ1v) is 8.97. The van der Waals surface area contributed by atoms with Crippen molar-refractivity contribution in [3.63, 3.8) is 0 Å². The van der Waals surface area contributed by atoms with Gasteiger partial charge < -0.3 is 5.32 Å². The van der Waals surface area contributed by atoms with Gasteiger partial charge in [0.15, 0.2) is 5.16 Å². The molecule has 132 valence electrons. The van der Waals surface area contributed by atoms with Gasteiger partial charge in [-0.25, -0.2) is 9.97 Å². The maximum Gasteiger partial charge on any atom is 0.274 e. The Morgan fingerprint density at radius 1 is 1.24 bits per heavy atom. The quantitative estimate of drug-likeness (QED) is 0.366. The smallest absolute Gasteiger partial charge is 0.274 e. The fraction of sp³-hybridized carbons (Fsp3) is 0.353. The third-order valence-corrected chi connectivity index (χ3v) is 4.42. The van der Waals surface area contributed by atoms with Crippen LogP contribution >= 0.6 is 11.8 Å². The molecule has 0 aliphatic rings. The second-order valence-corrected chi connectivity index (χ2v) is 6.44. The summed E-state index contributed by atoms with van der Waals surface area (Å²) in [6.07, 6.45) is 2.69. The molecule has 8 heteroatoms. The number of carbonyl (C=O) groups is 1. The Hall–Kier alpha value is -2.48. The zero-order valence-electron chi connectivity index (χ0n) is 14.6. The van der Waals surface area contributed by atoms with Crippen molar-refractivity contribution in [2.45, 2.75) is 38.8 Å². The molecule has 0 saturated carbocycles. The lowest BCUT2D eigenvalue weighted by atomic mass is 10.1. The zero-order valence-corrected chi connectivity index (χ0v) is 15.4. The molecule has 7 nitrogen and oxygen atoms in total.